The van der Waals surface area contributed by atoms with E-state index in [2.05, 4.69) is 15.6 Å². The Hall–Kier alpha value is -2.11. The van der Waals surface area contributed by atoms with Gasteiger partial charge in [0, 0.05) is 6.54 Å². The van der Waals surface area contributed by atoms with Crippen molar-refractivity contribution < 1.29 is 13.9 Å². The Morgan fingerprint density at radius 1 is 1.33 bits per heavy atom. The highest BCUT2D eigenvalue weighted by molar-refractivity contribution is 5.80. The summed E-state index contributed by atoms with van der Waals surface area (Å²) in [6, 6.07) is 5.06. The number of rotatable bonds is 7. The summed E-state index contributed by atoms with van der Waals surface area (Å²) in [6.45, 7) is 10.3. The Kier molecular flexibility index (Phi) is 8.22. The monoisotopic (exact) mass is 337 g/mol. The first-order valence-corrected chi connectivity index (χ1v) is 8.33. The predicted molar refractivity (Wildman–Crippen MR) is 94.5 cm³/mol. The lowest BCUT2D eigenvalue weighted by molar-refractivity contribution is -0.147. The molecule has 0 radical (unpaired) electrons. The highest BCUT2D eigenvalue weighted by atomic mass is 19.1. The Morgan fingerprint density at radius 2 is 2.04 bits per heavy atom. The topological polar surface area (TPSA) is 62.7 Å². The molecule has 1 rings (SSSR count). The number of guanidine groups is 1. The van der Waals surface area contributed by atoms with Gasteiger partial charge in [-0.15, -0.1) is 0 Å². The molecule has 6 heteroatoms. The quantitative estimate of drug-likeness (QED) is 0.456. The Bertz CT molecular complexity index is 573. The standard InChI is InChI=1S/C18H28FN3O2/c1-6-20-18(21-10-9-17(23)24-12(2)3)22-14(5)15-8-7-13(4)16(19)11-15/h7-8,11-12,14H,6,9-10H2,1-5H3,(H2,20,21,22). The van der Waals surface area contributed by atoms with Gasteiger partial charge in [-0.05, 0) is 51.8 Å². The fourth-order valence-electron chi connectivity index (χ4n) is 2.07. The smallest absolute Gasteiger partial charge is 0.307 e. The molecule has 1 unspecified atom stereocenters. The molecule has 0 saturated carbocycles. The van der Waals surface area contributed by atoms with Crippen LogP contribution in [0.1, 0.15) is 51.3 Å². The fourth-order valence-corrected chi connectivity index (χ4v) is 2.07. The van der Waals surface area contributed by atoms with Crippen molar-refractivity contribution in [2.75, 3.05) is 13.1 Å². The number of aryl methyl sites for hydroxylation is 1. The summed E-state index contributed by atoms with van der Waals surface area (Å²) in [5.74, 6) is 0.0982. The van der Waals surface area contributed by atoms with E-state index in [9.17, 15) is 9.18 Å². The third kappa shape index (κ3) is 6.98. The highest BCUT2D eigenvalue weighted by Gasteiger charge is 2.10. The van der Waals surface area contributed by atoms with Crippen LogP contribution < -0.4 is 10.6 Å². The molecular formula is C18H28FN3O2. The lowest BCUT2D eigenvalue weighted by Crippen LogP contribution is -2.39. The van der Waals surface area contributed by atoms with Gasteiger partial charge in [0.05, 0.1) is 25.1 Å². The summed E-state index contributed by atoms with van der Waals surface area (Å²) in [4.78, 5) is 15.9. The molecule has 2 N–H and O–H groups in total. The molecule has 5 nitrogen and oxygen atoms in total. The summed E-state index contributed by atoms with van der Waals surface area (Å²) in [7, 11) is 0. The number of carbonyl (C=O) groups excluding carboxylic acids is 1. The molecule has 0 fully saturated rings. The summed E-state index contributed by atoms with van der Waals surface area (Å²) >= 11 is 0. The van der Waals surface area contributed by atoms with Gasteiger partial charge in [-0.2, -0.15) is 0 Å². The molecule has 0 aliphatic heterocycles. The summed E-state index contributed by atoms with van der Waals surface area (Å²) in [5, 5.41) is 6.33. The van der Waals surface area contributed by atoms with E-state index in [0.717, 1.165) is 5.56 Å². The number of esters is 1. The van der Waals surface area contributed by atoms with Crippen molar-refractivity contribution in [1.29, 1.82) is 0 Å². The second kappa shape index (κ2) is 9.90. The minimum atomic E-state index is -0.266. The Morgan fingerprint density at radius 3 is 2.62 bits per heavy atom. The number of halogens is 1. The van der Waals surface area contributed by atoms with E-state index in [1.807, 2.05) is 33.8 Å². The van der Waals surface area contributed by atoms with Crippen LogP contribution >= 0.6 is 0 Å². The van der Waals surface area contributed by atoms with Crippen LogP contribution in [0.15, 0.2) is 23.2 Å². The number of ether oxygens (including phenoxy) is 1. The summed E-state index contributed by atoms with van der Waals surface area (Å²) < 4.78 is 18.8. The number of hydrogen-bond donors (Lipinski definition) is 2. The average molecular weight is 337 g/mol. The number of hydrogen-bond acceptors (Lipinski definition) is 3. The van der Waals surface area contributed by atoms with Gasteiger partial charge in [-0.25, -0.2) is 4.39 Å². The zero-order valence-corrected chi connectivity index (χ0v) is 15.1. The van der Waals surface area contributed by atoms with Gasteiger partial charge in [-0.1, -0.05) is 12.1 Å². The van der Waals surface area contributed by atoms with Crippen LogP contribution in [0.2, 0.25) is 0 Å². The molecule has 0 aliphatic carbocycles. The van der Waals surface area contributed by atoms with Crippen molar-refractivity contribution in [2.24, 2.45) is 4.99 Å². The minimum absolute atomic E-state index is 0.111. The van der Waals surface area contributed by atoms with Gasteiger partial charge in [0.2, 0.25) is 0 Å². The van der Waals surface area contributed by atoms with Crippen LogP contribution in [-0.4, -0.2) is 31.1 Å². The first-order valence-electron chi connectivity index (χ1n) is 8.33. The molecule has 24 heavy (non-hydrogen) atoms. The van der Waals surface area contributed by atoms with Crippen LogP contribution in [0, 0.1) is 12.7 Å². The maximum Gasteiger partial charge on any atom is 0.307 e. The van der Waals surface area contributed by atoms with Crippen LogP contribution in [0.25, 0.3) is 0 Å². The highest BCUT2D eigenvalue weighted by Crippen LogP contribution is 2.16. The molecule has 0 aliphatic rings. The second-order valence-corrected chi connectivity index (χ2v) is 5.92. The van der Waals surface area contributed by atoms with Gasteiger partial charge in [0.25, 0.3) is 0 Å². The molecule has 0 spiro atoms. The van der Waals surface area contributed by atoms with Crippen molar-refractivity contribution in [3.05, 3.63) is 35.1 Å². The summed E-state index contributed by atoms with van der Waals surface area (Å²) in [6.07, 6.45) is 0.103. The molecule has 0 saturated heterocycles. The summed E-state index contributed by atoms with van der Waals surface area (Å²) in [5.41, 5.74) is 1.46. The van der Waals surface area contributed by atoms with Gasteiger partial charge < -0.3 is 15.4 Å². The molecule has 0 heterocycles. The number of nitrogens with one attached hydrogen (secondary N) is 2. The van der Waals surface area contributed by atoms with Crippen LogP contribution in [0.3, 0.4) is 0 Å². The number of carbonyl (C=O) groups is 1. The first kappa shape index (κ1) is 19.9. The van der Waals surface area contributed by atoms with E-state index in [4.69, 9.17) is 4.74 Å². The molecule has 0 bridgehead atoms. The van der Waals surface area contributed by atoms with Crippen molar-refractivity contribution in [1.82, 2.24) is 10.6 Å². The third-order valence-corrected chi connectivity index (χ3v) is 3.35. The SMILES string of the molecule is CCNC(=NCCC(=O)OC(C)C)NC(C)c1ccc(C)c(F)c1. The third-order valence-electron chi connectivity index (χ3n) is 3.35. The van der Waals surface area contributed by atoms with Crippen LogP contribution in [0.5, 0.6) is 0 Å². The fraction of sp³-hybridized carbons (Fsp3) is 0.556. The van der Waals surface area contributed by atoms with Gasteiger partial charge >= 0.3 is 5.97 Å². The van der Waals surface area contributed by atoms with E-state index in [1.165, 1.54) is 6.07 Å². The molecule has 1 aromatic rings. The van der Waals surface area contributed by atoms with E-state index < -0.39 is 0 Å². The minimum Gasteiger partial charge on any atom is -0.463 e. The van der Waals surface area contributed by atoms with E-state index in [0.29, 0.717) is 24.6 Å². The van der Waals surface area contributed by atoms with Crippen LogP contribution in [-0.2, 0) is 9.53 Å². The van der Waals surface area contributed by atoms with E-state index >= 15 is 0 Å². The van der Waals surface area contributed by atoms with E-state index in [-0.39, 0.29) is 30.4 Å². The normalized spacial score (nSPS) is 12.9. The second-order valence-electron chi connectivity index (χ2n) is 5.92. The van der Waals surface area contributed by atoms with Gasteiger partial charge in [0.1, 0.15) is 5.82 Å². The Labute approximate surface area is 143 Å². The van der Waals surface area contributed by atoms with Crippen molar-refractivity contribution in [2.45, 2.75) is 53.2 Å². The van der Waals surface area contributed by atoms with Crippen LogP contribution in [0.4, 0.5) is 4.39 Å². The molecule has 0 amide bonds. The first-order chi connectivity index (χ1) is 11.3. The maximum atomic E-state index is 13.7. The van der Waals surface area contributed by atoms with Crippen molar-refractivity contribution in [3.63, 3.8) is 0 Å². The molecular weight excluding hydrogens is 309 g/mol. The number of aliphatic imine (C=N–C) groups is 1. The van der Waals surface area contributed by atoms with Crippen molar-refractivity contribution in [3.8, 4) is 0 Å². The average Bonchev–Trinajstić information content (AvgIpc) is 2.49. The van der Waals surface area contributed by atoms with Gasteiger partial charge in [0.15, 0.2) is 5.96 Å². The number of benzene rings is 1. The van der Waals surface area contributed by atoms with Crippen molar-refractivity contribution >= 4 is 11.9 Å². The number of nitrogens with zero attached hydrogens (tertiary/aromatic N) is 1. The largest absolute Gasteiger partial charge is 0.463 e. The van der Waals surface area contributed by atoms with E-state index in [1.54, 1.807) is 13.0 Å². The zero-order valence-electron chi connectivity index (χ0n) is 15.1. The Balaban J connectivity index is 2.65. The molecule has 1 aromatic carbocycles. The molecule has 1 atom stereocenters. The lowest BCUT2D eigenvalue weighted by Gasteiger charge is -2.18. The lowest BCUT2D eigenvalue weighted by atomic mass is 10.1. The zero-order chi connectivity index (χ0) is 18.1. The molecule has 0 aromatic heterocycles. The van der Waals surface area contributed by atoms with Gasteiger partial charge in [-0.3, -0.25) is 9.79 Å². The predicted octanol–water partition coefficient (Wildman–Crippen LogP) is 3.09. The maximum absolute atomic E-state index is 13.7. The molecule has 134 valence electrons.